The van der Waals surface area contributed by atoms with Gasteiger partial charge in [-0.2, -0.15) is 5.10 Å². The Labute approximate surface area is 148 Å². The maximum absolute atomic E-state index is 5.21. The van der Waals surface area contributed by atoms with E-state index in [9.17, 15) is 0 Å². The quantitative estimate of drug-likeness (QED) is 0.504. The Balaban J connectivity index is 1.67. The van der Waals surface area contributed by atoms with Crippen molar-refractivity contribution in [3.8, 4) is 22.8 Å². The van der Waals surface area contributed by atoms with Crippen LogP contribution in [-0.4, -0.2) is 36.5 Å². The van der Waals surface area contributed by atoms with Gasteiger partial charge in [0.15, 0.2) is 17.1 Å². The zero-order valence-corrected chi connectivity index (χ0v) is 13.9. The molecule has 0 N–H and O–H groups in total. The van der Waals surface area contributed by atoms with Crippen LogP contribution in [-0.2, 0) is 0 Å². The predicted molar refractivity (Wildman–Crippen MR) is 97.4 cm³/mol. The van der Waals surface area contributed by atoms with Crippen molar-refractivity contribution in [1.82, 2.24) is 29.4 Å². The van der Waals surface area contributed by atoms with Gasteiger partial charge in [-0.25, -0.2) is 19.2 Å². The fourth-order valence-electron chi connectivity index (χ4n) is 2.94. The van der Waals surface area contributed by atoms with Crippen molar-refractivity contribution in [3.63, 3.8) is 0 Å². The van der Waals surface area contributed by atoms with Gasteiger partial charge in [-0.3, -0.25) is 0 Å². The summed E-state index contributed by atoms with van der Waals surface area (Å²) in [6, 6.07) is 17.6. The average Bonchev–Trinajstić information content (AvgIpc) is 3.32. The molecule has 7 nitrogen and oxygen atoms in total. The molecule has 0 spiro atoms. The predicted octanol–water partition coefficient (Wildman–Crippen LogP) is 3.14. The maximum Gasteiger partial charge on any atom is 0.182 e. The van der Waals surface area contributed by atoms with Crippen molar-refractivity contribution in [1.29, 1.82) is 0 Å². The molecule has 0 fully saturated rings. The van der Waals surface area contributed by atoms with Crippen LogP contribution in [0.3, 0.4) is 0 Å². The van der Waals surface area contributed by atoms with Gasteiger partial charge in [-0.05, 0) is 24.3 Å². The summed E-state index contributed by atoms with van der Waals surface area (Å²) in [4.78, 5) is 9.21. The molecule has 3 aromatic heterocycles. The number of benzene rings is 2. The summed E-state index contributed by atoms with van der Waals surface area (Å²) >= 11 is 0. The summed E-state index contributed by atoms with van der Waals surface area (Å²) < 4.78 is 8.68. The smallest absolute Gasteiger partial charge is 0.182 e. The molecule has 26 heavy (non-hydrogen) atoms. The molecule has 0 bridgehead atoms. The number of methoxy groups -OCH3 is 1. The topological polar surface area (TPSA) is 70.1 Å². The standard InChI is InChI=1S/C19H14N6O/c1-26-15-9-7-14(8-10-15)25-18-16(11-21-25)19-22-17(23-24(19)12-20-18)13-5-3-2-4-6-13/h2-12H,1H3. The Morgan fingerprint density at radius 1 is 0.923 bits per heavy atom. The lowest BCUT2D eigenvalue weighted by atomic mass is 10.2. The maximum atomic E-state index is 5.21. The molecule has 0 saturated carbocycles. The zero-order chi connectivity index (χ0) is 17.5. The lowest BCUT2D eigenvalue weighted by molar-refractivity contribution is 0.414. The van der Waals surface area contributed by atoms with Gasteiger partial charge < -0.3 is 4.74 Å². The summed E-state index contributed by atoms with van der Waals surface area (Å²) in [7, 11) is 1.65. The normalized spacial score (nSPS) is 11.3. The van der Waals surface area contributed by atoms with Gasteiger partial charge in [-0.1, -0.05) is 30.3 Å². The lowest BCUT2D eigenvalue weighted by Gasteiger charge is -2.04. The van der Waals surface area contributed by atoms with Gasteiger partial charge in [0.05, 0.1) is 24.4 Å². The number of hydrogen-bond donors (Lipinski definition) is 0. The van der Waals surface area contributed by atoms with Crippen molar-refractivity contribution in [2.24, 2.45) is 0 Å². The fraction of sp³-hybridized carbons (Fsp3) is 0.0526. The zero-order valence-electron chi connectivity index (χ0n) is 13.9. The van der Waals surface area contributed by atoms with Crippen molar-refractivity contribution in [2.75, 3.05) is 7.11 Å². The minimum Gasteiger partial charge on any atom is -0.497 e. The van der Waals surface area contributed by atoms with Gasteiger partial charge in [-0.15, -0.1) is 5.10 Å². The number of fused-ring (bicyclic) bond motifs is 3. The van der Waals surface area contributed by atoms with Crippen LogP contribution in [0.2, 0.25) is 0 Å². The van der Waals surface area contributed by atoms with E-state index in [0.29, 0.717) is 5.82 Å². The second-order valence-electron chi connectivity index (χ2n) is 5.81. The second kappa shape index (κ2) is 5.66. The summed E-state index contributed by atoms with van der Waals surface area (Å²) in [6.45, 7) is 0. The third-order valence-electron chi connectivity index (χ3n) is 4.25. The highest BCUT2D eigenvalue weighted by molar-refractivity contribution is 5.89. The molecule has 0 aliphatic heterocycles. The van der Waals surface area contributed by atoms with E-state index in [1.807, 2.05) is 54.6 Å². The first-order chi connectivity index (χ1) is 12.8. The van der Waals surface area contributed by atoms with Crippen molar-refractivity contribution < 1.29 is 4.74 Å². The molecule has 0 radical (unpaired) electrons. The van der Waals surface area contributed by atoms with E-state index in [0.717, 1.165) is 33.7 Å². The van der Waals surface area contributed by atoms with E-state index in [-0.39, 0.29) is 0 Å². The van der Waals surface area contributed by atoms with Crippen LogP contribution in [0, 0.1) is 0 Å². The Kier molecular flexibility index (Phi) is 3.18. The first kappa shape index (κ1) is 14.6. The number of rotatable bonds is 3. The largest absolute Gasteiger partial charge is 0.497 e. The van der Waals surface area contributed by atoms with Crippen molar-refractivity contribution >= 4 is 16.7 Å². The van der Waals surface area contributed by atoms with E-state index in [1.54, 1.807) is 28.8 Å². The van der Waals surface area contributed by atoms with E-state index < -0.39 is 0 Å². The second-order valence-corrected chi connectivity index (χ2v) is 5.81. The first-order valence-corrected chi connectivity index (χ1v) is 8.12. The van der Waals surface area contributed by atoms with Gasteiger partial charge in [0, 0.05) is 5.56 Å². The highest BCUT2D eigenvalue weighted by Crippen LogP contribution is 2.23. The Hall–Kier alpha value is -3.74. The van der Waals surface area contributed by atoms with Gasteiger partial charge in [0.1, 0.15) is 12.1 Å². The average molecular weight is 342 g/mol. The number of hydrogen-bond acceptors (Lipinski definition) is 5. The molecule has 126 valence electrons. The van der Waals surface area contributed by atoms with Crippen LogP contribution < -0.4 is 4.74 Å². The van der Waals surface area contributed by atoms with Crippen LogP contribution in [0.25, 0.3) is 33.8 Å². The number of ether oxygens (including phenoxy) is 1. The minimum atomic E-state index is 0.664. The first-order valence-electron chi connectivity index (χ1n) is 8.12. The van der Waals surface area contributed by atoms with Gasteiger partial charge in [0.2, 0.25) is 0 Å². The summed E-state index contributed by atoms with van der Waals surface area (Å²) in [5.74, 6) is 1.46. The molecule has 0 saturated heterocycles. The summed E-state index contributed by atoms with van der Waals surface area (Å²) in [5.41, 5.74) is 3.33. The number of nitrogens with zero attached hydrogens (tertiary/aromatic N) is 6. The van der Waals surface area contributed by atoms with Gasteiger partial charge >= 0.3 is 0 Å². The summed E-state index contributed by atoms with van der Waals surface area (Å²) in [5, 5.41) is 9.86. The molecule has 0 aliphatic rings. The Morgan fingerprint density at radius 2 is 1.73 bits per heavy atom. The molecule has 5 aromatic rings. The third-order valence-corrected chi connectivity index (χ3v) is 4.25. The molecule has 0 amide bonds. The molecular weight excluding hydrogens is 328 g/mol. The monoisotopic (exact) mass is 342 g/mol. The molecule has 0 atom stereocenters. The van der Waals surface area contributed by atoms with E-state index in [1.165, 1.54) is 0 Å². The van der Waals surface area contributed by atoms with Crippen molar-refractivity contribution in [2.45, 2.75) is 0 Å². The molecule has 3 heterocycles. The highest BCUT2D eigenvalue weighted by atomic mass is 16.5. The van der Waals surface area contributed by atoms with Crippen LogP contribution in [0.15, 0.2) is 67.1 Å². The van der Waals surface area contributed by atoms with Crippen LogP contribution in [0.4, 0.5) is 0 Å². The molecule has 0 unspecified atom stereocenters. The highest BCUT2D eigenvalue weighted by Gasteiger charge is 2.14. The molecule has 7 heteroatoms. The molecular formula is C19H14N6O. The van der Waals surface area contributed by atoms with Crippen LogP contribution in [0.5, 0.6) is 5.75 Å². The van der Waals surface area contributed by atoms with Crippen LogP contribution in [0.1, 0.15) is 0 Å². The van der Waals surface area contributed by atoms with E-state index in [4.69, 9.17) is 4.74 Å². The molecule has 0 aliphatic carbocycles. The SMILES string of the molecule is COc1ccc(-n2ncc3c2ncn2nc(-c4ccccc4)nc32)cc1. The minimum absolute atomic E-state index is 0.664. The van der Waals surface area contributed by atoms with E-state index >= 15 is 0 Å². The summed E-state index contributed by atoms with van der Waals surface area (Å²) in [6.07, 6.45) is 3.43. The fourth-order valence-corrected chi connectivity index (χ4v) is 2.94. The van der Waals surface area contributed by atoms with Crippen LogP contribution >= 0.6 is 0 Å². The van der Waals surface area contributed by atoms with Crippen molar-refractivity contribution in [3.05, 3.63) is 67.1 Å². The van der Waals surface area contributed by atoms with E-state index in [2.05, 4.69) is 20.2 Å². The molecule has 5 rings (SSSR count). The Morgan fingerprint density at radius 3 is 2.50 bits per heavy atom. The lowest BCUT2D eigenvalue weighted by Crippen LogP contribution is -1.99. The Bertz CT molecular complexity index is 1210. The third kappa shape index (κ3) is 2.21. The number of aromatic nitrogens is 6. The molecule has 2 aromatic carbocycles. The van der Waals surface area contributed by atoms with Gasteiger partial charge in [0.25, 0.3) is 0 Å².